The molecule has 0 bridgehead atoms. The van der Waals surface area contributed by atoms with E-state index in [1.54, 1.807) is 11.8 Å². The van der Waals surface area contributed by atoms with Crippen LogP contribution in [-0.2, 0) is 6.54 Å². The van der Waals surface area contributed by atoms with E-state index in [0.717, 1.165) is 49.9 Å². The molecular formula is C17H30N4OS. The summed E-state index contributed by atoms with van der Waals surface area (Å²) in [4.78, 5) is 13.7. The fourth-order valence-corrected chi connectivity index (χ4v) is 3.45. The highest BCUT2D eigenvalue weighted by molar-refractivity contribution is 7.98. The summed E-state index contributed by atoms with van der Waals surface area (Å²) in [6.07, 6.45) is 6.69. The molecule has 1 aliphatic heterocycles. The molecule has 0 unspecified atom stereocenters. The summed E-state index contributed by atoms with van der Waals surface area (Å²) < 4.78 is 0. The Morgan fingerprint density at radius 2 is 1.96 bits per heavy atom. The van der Waals surface area contributed by atoms with Crippen molar-refractivity contribution >= 4 is 11.8 Å². The van der Waals surface area contributed by atoms with Crippen LogP contribution in [0.1, 0.15) is 32.8 Å². The van der Waals surface area contributed by atoms with Crippen molar-refractivity contribution in [2.24, 2.45) is 5.41 Å². The van der Waals surface area contributed by atoms with Crippen LogP contribution < -0.4 is 0 Å². The molecule has 1 atom stereocenters. The summed E-state index contributed by atoms with van der Waals surface area (Å²) in [6, 6.07) is 0.430. The Bertz CT molecular complexity index is 474. The van der Waals surface area contributed by atoms with E-state index in [1.165, 1.54) is 0 Å². The maximum absolute atomic E-state index is 9.40. The summed E-state index contributed by atoms with van der Waals surface area (Å²) in [6.45, 7) is 12.2. The van der Waals surface area contributed by atoms with Crippen LogP contribution in [0.15, 0.2) is 17.6 Å². The van der Waals surface area contributed by atoms with E-state index in [2.05, 4.69) is 40.5 Å². The molecule has 2 rings (SSSR count). The molecule has 0 amide bonds. The number of piperazine rings is 1. The van der Waals surface area contributed by atoms with Crippen LogP contribution >= 0.6 is 11.8 Å². The number of thioether (sulfide) groups is 1. The van der Waals surface area contributed by atoms with Crippen LogP contribution in [0.3, 0.4) is 0 Å². The Labute approximate surface area is 144 Å². The molecule has 0 saturated carbocycles. The van der Waals surface area contributed by atoms with Crippen molar-refractivity contribution < 1.29 is 5.11 Å². The highest BCUT2D eigenvalue weighted by atomic mass is 32.2. The summed E-state index contributed by atoms with van der Waals surface area (Å²) >= 11 is 1.57. The van der Waals surface area contributed by atoms with Crippen LogP contribution in [0.25, 0.3) is 0 Å². The van der Waals surface area contributed by atoms with Gasteiger partial charge in [0.1, 0.15) is 0 Å². The van der Waals surface area contributed by atoms with E-state index in [4.69, 9.17) is 0 Å². The zero-order valence-corrected chi connectivity index (χ0v) is 15.6. The fraction of sp³-hybridized carbons (Fsp3) is 0.765. The van der Waals surface area contributed by atoms with Gasteiger partial charge in [0, 0.05) is 63.3 Å². The van der Waals surface area contributed by atoms with Crippen molar-refractivity contribution in [3.8, 4) is 0 Å². The molecule has 130 valence electrons. The molecule has 0 radical (unpaired) electrons. The highest BCUT2D eigenvalue weighted by Crippen LogP contribution is 2.22. The molecule has 23 heavy (non-hydrogen) atoms. The zero-order chi connectivity index (χ0) is 16.9. The lowest BCUT2D eigenvalue weighted by atomic mass is 9.94. The molecule has 1 aromatic heterocycles. The normalized spacial score (nSPS) is 20.8. The first-order valence-corrected chi connectivity index (χ1v) is 9.56. The van der Waals surface area contributed by atoms with Crippen molar-refractivity contribution in [1.82, 2.24) is 19.8 Å². The van der Waals surface area contributed by atoms with Gasteiger partial charge >= 0.3 is 0 Å². The second-order valence-corrected chi connectivity index (χ2v) is 8.28. The third kappa shape index (κ3) is 6.03. The molecule has 1 fully saturated rings. The van der Waals surface area contributed by atoms with Gasteiger partial charge < -0.3 is 5.11 Å². The Morgan fingerprint density at radius 1 is 1.26 bits per heavy atom. The first-order chi connectivity index (χ1) is 10.9. The molecule has 0 aliphatic carbocycles. The first kappa shape index (κ1) is 18.6. The Morgan fingerprint density at radius 3 is 2.52 bits per heavy atom. The maximum Gasteiger partial charge on any atom is 0.187 e. The van der Waals surface area contributed by atoms with Crippen LogP contribution in [0, 0.1) is 5.41 Å². The number of rotatable bonds is 6. The van der Waals surface area contributed by atoms with Crippen molar-refractivity contribution in [3.63, 3.8) is 0 Å². The average molecular weight is 339 g/mol. The predicted octanol–water partition coefficient (Wildman–Crippen LogP) is 2.11. The average Bonchev–Trinajstić information content (AvgIpc) is 2.50. The fourth-order valence-electron chi connectivity index (χ4n) is 3.13. The molecule has 6 heteroatoms. The quantitative estimate of drug-likeness (QED) is 0.633. The zero-order valence-electron chi connectivity index (χ0n) is 14.8. The van der Waals surface area contributed by atoms with Gasteiger partial charge in [-0.1, -0.05) is 32.5 Å². The van der Waals surface area contributed by atoms with Crippen LogP contribution in [-0.4, -0.2) is 70.0 Å². The van der Waals surface area contributed by atoms with Gasteiger partial charge in [-0.25, -0.2) is 9.97 Å². The van der Waals surface area contributed by atoms with Crippen molar-refractivity contribution in [2.75, 3.05) is 39.0 Å². The number of nitrogens with zero attached hydrogens (tertiary/aromatic N) is 4. The van der Waals surface area contributed by atoms with Crippen molar-refractivity contribution in [2.45, 2.75) is 44.9 Å². The SMILES string of the molecule is CSc1ncc(CN2CCN(CC(C)(C)C)[C@@H](CCO)C2)cn1. The second kappa shape index (κ2) is 8.42. The summed E-state index contributed by atoms with van der Waals surface area (Å²) in [5.74, 6) is 0. The number of hydrogen-bond donors (Lipinski definition) is 1. The van der Waals surface area contributed by atoms with Crippen molar-refractivity contribution in [1.29, 1.82) is 0 Å². The second-order valence-electron chi connectivity index (χ2n) is 7.51. The van der Waals surface area contributed by atoms with E-state index in [9.17, 15) is 5.11 Å². The largest absolute Gasteiger partial charge is 0.396 e. The minimum absolute atomic E-state index is 0.255. The van der Waals surface area contributed by atoms with Crippen molar-refractivity contribution in [3.05, 3.63) is 18.0 Å². The molecular weight excluding hydrogens is 308 g/mol. The summed E-state index contributed by atoms with van der Waals surface area (Å²) in [5.41, 5.74) is 1.45. The lowest BCUT2D eigenvalue weighted by molar-refractivity contribution is 0.0339. The first-order valence-electron chi connectivity index (χ1n) is 8.33. The number of aliphatic hydroxyl groups is 1. The lowest BCUT2D eigenvalue weighted by Gasteiger charge is -2.43. The smallest absolute Gasteiger partial charge is 0.187 e. The summed E-state index contributed by atoms with van der Waals surface area (Å²) in [5, 5.41) is 10.2. The van der Waals surface area contributed by atoms with Gasteiger partial charge in [0.25, 0.3) is 0 Å². The van der Waals surface area contributed by atoms with Gasteiger partial charge in [-0.05, 0) is 18.1 Å². The van der Waals surface area contributed by atoms with E-state index in [0.29, 0.717) is 6.04 Å². The lowest BCUT2D eigenvalue weighted by Crippen LogP contribution is -2.54. The van der Waals surface area contributed by atoms with E-state index in [1.807, 2.05) is 18.6 Å². The maximum atomic E-state index is 9.40. The van der Waals surface area contributed by atoms with Gasteiger partial charge in [0.05, 0.1) is 0 Å². The molecule has 1 saturated heterocycles. The van der Waals surface area contributed by atoms with Crippen LogP contribution in [0.2, 0.25) is 0 Å². The van der Waals surface area contributed by atoms with Crippen LogP contribution in [0.5, 0.6) is 0 Å². The van der Waals surface area contributed by atoms with Gasteiger partial charge in [0.2, 0.25) is 0 Å². The number of aliphatic hydroxyl groups excluding tert-OH is 1. The number of hydrogen-bond acceptors (Lipinski definition) is 6. The molecule has 1 aromatic rings. The molecule has 5 nitrogen and oxygen atoms in total. The third-order valence-corrected chi connectivity index (χ3v) is 4.67. The van der Waals surface area contributed by atoms with E-state index < -0.39 is 0 Å². The predicted molar refractivity (Wildman–Crippen MR) is 95.6 cm³/mol. The van der Waals surface area contributed by atoms with Gasteiger partial charge in [0.15, 0.2) is 5.16 Å². The topological polar surface area (TPSA) is 52.5 Å². The summed E-state index contributed by atoms with van der Waals surface area (Å²) in [7, 11) is 0. The molecule has 2 heterocycles. The Hall–Kier alpha value is -0.690. The molecule has 1 N–H and O–H groups in total. The number of aromatic nitrogens is 2. The minimum atomic E-state index is 0.255. The standard InChI is InChI=1S/C17H30N4OS/c1-17(2,3)13-21-7-6-20(12-15(21)5-8-22)11-14-9-18-16(23-4)19-10-14/h9-10,15,22H,5-8,11-13H2,1-4H3/t15-/m0/s1. The van der Waals surface area contributed by atoms with Gasteiger partial charge in [-0.3, -0.25) is 9.80 Å². The molecule has 0 spiro atoms. The van der Waals surface area contributed by atoms with E-state index in [-0.39, 0.29) is 12.0 Å². The minimum Gasteiger partial charge on any atom is -0.396 e. The van der Waals surface area contributed by atoms with Gasteiger partial charge in [-0.2, -0.15) is 0 Å². The molecule has 0 aromatic carbocycles. The Kier molecular flexibility index (Phi) is 6.83. The third-order valence-electron chi connectivity index (χ3n) is 4.10. The monoisotopic (exact) mass is 338 g/mol. The van der Waals surface area contributed by atoms with Crippen LogP contribution in [0.4, 0.5) is 0 Å². The van der Waals surface area contributed by atoms with E-state index >= 15 is 0 Å². The highest BCUT2D eigenvalue weighted by Gasteiger charge is 2.29. The van der Waals surface area contributed by atoms with Gasteiger partial charge in [-0.15, -0.1) is 0 Å². The molecule has 1 aliphatic rings. The Balaban J connectivity index is 1.94.